The molecule has 2 atom stereocenters. The number of thioether (sulfide) groups is 1. The van der Waals surface area contributed by atoms with Crippen LogP contribution in [0.15, 0.2) is 30.3 Å². The Bertz CT molecular complexity index is 330. The van der Waals surface area contributed by atoms with Gasteiger partial charge in [0, 0.05) is 10.8 Å². The first kappa shape index (κ1) is 13.0. The second-order valence-electron chi connectivity index (χ2n) is 5.25. The molecule has 1 saturated heterocycles. The van der Waals surface area contributed by atoms with Crippen molar-refractivity contribution in [2.75, 3.05) is 5.75 Å². The van der Waals surface area contributed by atoms with E-state index in [1.54, 1.807) is 0 Å². The van der Waals surface area contributed by atoms with Crippen molar-refractivity contribution in [1.29, 1.82) is 0 Å². The molecule has 17 heavy (non-hydrogen) atoms. The van der Waals surface area contributed by atoms with Crippen LogP contribution in [-0.4, -0.2) is 16.5 Å². The second kappa shape index (κ2) is 5.92. The topological polar surface area (TPSA) is 26.0 Å². The summed E-state index contributed by atoms with van der Waals surface area (Å²) in [6.45, 7) is 2.35. The van der Waals surface area contributed by atoms with Crippen LogP contribution in [-0.2, 0) is 6.42 Å². The van der Waals surface area contributed by atoms with E-state index in [9.17, 15) is 0 Å². The molecule has 2 rings (SSSR count). The Labute approximate surface area is 109 Å². The van der Waals surface area contributed by atoms with Crippen molar-refractivity contribution >= 4 is 11.8 Å². The fourth-order valence-electron chi connectivity index (χ4n) is 2.57. The fourth-order valence-corrected chi connectivity index (χ4v) is 3.94. The first-order chi connectivity index (χ1) is 8.21. The first-order valence-corrected chi connectivity index (χ1v) is 7.63. The predicted molar refractivity (Wildman–Crippen MR) is 77.5 cm³/mol. The minimum Gasteiger partial charge on any atom is -0.326 e. The van der Waals surface area contributed by atoms with Crippen LogP contribution in [0.1, 0.15) is 38.2 Å². The van der Waals surface area contributed by atoms with Crippen LogP contribution in [0.5, 0.6) is 0 Å². The van der Waals surface area contributed by atoms with Crippen LogP contribution >= 0.6 is 11.8 Å². The van der Waals surface area contributed by atoms with Gasteiger partial charge in [-0.3, -0.25) is 0 Å². The van der Waals surface area contributed by atoms with Gasteiger partial charge in [-0.1, -0.05) is 30.3 Å². The van der Waals surface area contributed by atoms with Crippen molar-refractivity contribution in [2.24, 2.45) is 5.73 Å². The zero-order valence-corrected chi connectivity index (χ0v) is 11.5. The molecule has 2 unspecified atom stereocenters. The lowest BCUT2D eigenvalue weighted by Crippen LogP contribution is -2.41. The third-order valence-corrected chi connectivity index (χ3v) is 5.52. The summed E-state index contributed by atoms with van der Waals surface area (Å²) in [7, 11) is 0. The van der Waals surface area contributed by atoms with Crippen LogP contribution < -0.4 is 5.73 Å². The van der Waals surface area contributed by atoms with Crippen LogP contribution in [0.2, 0.25) is 0 Å². The van der Waals surface area contributed by atoms with Crippen molar-refractivity contribution in [2.45, 2.75) is 49.8 Å². The molecule has 1 aliphatic heterocycles. The lowest BCUT2D eigenvalue weighted by Gasteiger charge is -2.30. The van der Waals surface area contributed by atoms with E-state index >= 15 is 0 Å². The van der Waals surface area contributed by atoms with Crippen molar-refractivity contribution in [3.8, 4) is 0 Å². The van der Waals surface area contributed by atoms with Gasteiger partial charge in [0.05, 0.1) is 0 Å². The number of hydrogen-bond donors (Lipinski definition) is 1. The summed E-state index contributed by atoms with van der Waals surface area (Å²) in [5.41, 5.74) is 7.79. The monoisotopic (exact) mass is 249 g/mol. The van der Waals surface area contributed by atoms with Crippen LogP contribution in [0.3, 0.4) is 0 Å². The molecule has 1 fully saturated rings. The van der Waals surface area contributed by atoms with E-state index in [0.717, 1.165) is 12.8 Å². The minimum atomic E-state index is 0.344. The lowest BCUT2D eigenvalue weighted by molar-refractivity contribution is 0.449. The molecule has 1 nitrogen and oxygen atoms in total. The van der Waals surface area contributed by atoms with E-state index < -0.39 is 0 Å². The van der Waals surface area contributed by atoms with Crippen LogP contribution in [0.25, 0.3) is 0 Å². The molecule has 1 heterocycles. The molecule has 1 aromatic carbocycles. The van der Waals surface area contributed by atoms with Crippen molar-refractivity contribution in [1.82, 2.24) is 0 Å². The Morgan fingerprint density at radius 3 is 2.76 bits per heavy atom. The zero-order chi connectivity index (χ0) is 12.1. The highest BCUT2D eigenvalue weighted by Crippen LogP contribution is 2.40. The van der Waals surface area contributed by atoms with Crippen LogP contribution in [0.4, 0.5) is 0 Å². The molecule has 0 aliphatic carbocycles. The van der Waals surface area contributed by atoms with E-state index in [4.69, 9.17) is 5.73 Å². The Morgan fingerprint density at radius 2 is 2.12 bits per heavy atom. The fraction of sp³-hybridized carbons (Fsp3) is 0.600. The predicted octanol–water partition coefficient (Wildman–Crippen LogP) is 3.62. The summed E-state index contributed by atoms with van der Waals surface area (Å²) in [6, 6.07) is 11.1. The summed E-state index contributed by atoms with van der Waals surface area (Å²) in [6.07, 6.45) is 6.16. The van der Waals surface area contributed by atoms with Gasteiger partial charge in [0.15, 0.2) is 0 Å². The number of rotatable bonds is 5. The van der Waals surface area contributed by atoms with Gasteiger partial charge < -0.3 is 5.73 Å². The minimum absolute atomic E-state index is 0.344. The van der Waals surface area contributed by atoms with Gasteiger partial charge in [0.25, 0.3) is 0 Å². The van der Waals surface area contributed by atoms with E-state index in [-0.39, 0.29) is 0 Å². The molecular weight excluding hydrogens is 226 g/mol. The van der Waals surface area contributed by atoms with Gasteiger partial charge >= 0.3 is 0 Å². The molecule has 1 aliphatic rings. The van der Waals surface area contributed by atoms with Gasteiger partial charge in [-0.25, -0.2) is 0 Å². The normalized spacial score (nSPS) is 26.0. The number of hydrogen-bond acceptors (Lipinski definition) is 2. The summed E-state index contributed by atoms with van der Waals surface area (Å²) < 4.78 is 0.344. The second-order valence-corrected chi connectivity index (χ2v) is 6.88. The SMILES string of the molecule is CC1(C(N)CCCc2ccccc2)CCCS1. The zero-order valence-electron chi connectivity index (χ0n) is 10.7. The Balaban J connectivity index is 1.75. The van der Waals surface area contributed by atoms with E-state index in [2.05, 4.69) is 49.0 Å². The van der Waals surface area contributed by atoms with Gasteiger partial charge in [0.2, 0.25) is 0 Å². The summed E-state index contributed by atoms with van der Waals surface area (Å²) in [4.78, 5) is 0. The maximum absolute atomic E-state index is 6.36. The molecule has 0 spiro atoms. The first-order valence-electron chi connectivity index (χ1n) is 6.64. The van der Waals surface area contributed by atoms with Gasteiger partial charge in [0.1, 0.15) is 0 Å². The van der Waals surface area contributed by atoms with Crippen molar-refractivity contribution < 1.29 is 0 Å². The van der Waals surface area contributed by atoms with E-state index in [1.165, 1.54) is 30.6 Å². The van der Waals surface area contributed by atoms with Gasteiger partial charge in [-0.15, -0.1) is 0 Å². The number of nitrogens with two attached hydrogens (primary N) is 1. The highest BCUT2D eigenvalue weighted by molar-refractivity contribution is 8.00. The average molecular weight is 249 g/mol. The molecule has 0 amide bonds. The highest BCUT2D eigenvalue weighted by Gasteiger charge is 2.35. The molecule has 0 aromatic heterocycles. The summed E-state index contributed by atoms with van der Waals surface area (Å²) >= 11 is 2.07. The summed E-state index contributed by atoms with van der Waals surface area (Å²) in [5, 5.41) is 0. The molecule has 0 radical (unpaired) electrons. The maximum atomic E-state index is 6.36. The quantitative estimate of drug-likeness (QED) is 0.862. The van der Waals surface area contributed by atoms with E-state index in [1.807, 2.05) is 0 Å². The smallest absolute Gasteiger partial charge is 0.0283 e. The number of benzene rings is 1. The Morgan fingerprint density at radius 1 is 1.35 bits per heavy atom. The Hall–Kier alpha value is -0.470. The van der Waals surface area contributed by atoms with Crippen LogP contribution in [0, 0.1) is 0 Å². The maximum Gasteiger partial charge on any atom is 0.0283 e. The molecule has 0 bridgehead atoms. The third kappa shape index (κ3) is 3.49. The van der Waals surface area contributed by atoms with Gasteiger partial charge in [-0.05, 0) is 50.3 Å². The molecular formula is C15H23NS. The Kier molecular flexibility index (Phi) is 4.52. The molecule has 94 valence electrons. The largest absolute Gasteiger partial charge is 0.326 e. The standard InChI is InChI=1S/C15H23NS/c1-15(11-6-12-17-15)14(16)10-5-9-13-7-3-2-4-8-13/h2-4,7-8,14H,5-6,9-12,16H2,1H3. The molecule has 0 saturated carbocycles. The van der Waals surface area contributed by atoms with Gasteiger partial charge in [-0.2, -0.15) is 11.8 Å². The molecule has 1 aromatic rings. The summed E-state index contributed by atoms with van der Waals surface area (Å²) in [5.74, 6) is 1.29. The average Bonchev–Trinajstić information content (AvgIpc) is 2.79. The van der Waals surface area contributed by atoms with Crippen molar-refractivity contribution in [3.63, 3.8) is 0 Å². The molecule has 2 heteroatoms. The highest BCUT2D eigenvalue weighted by atomic mass is 32.2. The van der Waals surface area contributed by atoms with E-state index in [0.29, 0.717) is 10.8 Å². The third-order valence-electron chi connectivity index (χ3n) is 3.86. The lowest BCUT2D eigenvalue weighted by atomic mass is 9.92. The number of aryl methyl sites for hydroxylation is 1. The van der Waals surface area contributed by atoms with Crippen molar-refractivity contribution in [3.05, 3.63) is 35.9 Å². The molecule has 2 N–H and O–H groups in total.